The molecule has 1 heterocycles. The maximum absolute atomic E-state index is 14.1. The number of non-ortho nitro benzene ring substituents is 1. The van der Waals surface area contributed by atoms with Crippen LogP contribution in [0.4, 0.5) is 14.5 Å². The Morgan fingerprint density at radius 3 is 2.43 bits per heavy atom. The zero-order valence-electron chi connectivity index (χ0n) is 10.9. The van der Waals surface area contributed by atoms with Crippen LogP contribution in [0.2, 0.25) is 0 Å². The molecule has 2 aromatic carbocycles. The SMILES string of the molecule is Cc1nc2ccccc2n1-c1c(F)cc([N+](=O)[O-])cc1F. The maximum atomic E-state index is 14.1. The van der Waals surface area contributed by atoms with Crippen LogP contribution in [0.25, 0.3) is 16.7 Å². The number of hydrogen-bond donors (Lipinski definition) is 0. The van der Waals surface area contributed by atoms with Gasteiger partial charge in [0, 0.05) is 0 Å². The Kier molecular flexibility index (Phi) is 2.90. The fraction of sp³-hybridized carbons (Fsp3) is 0.0714. The van der Waals surface area contributed by atoms with E-state index in [1.54, 1.807) is 31.2 Å². The molecular weight excluding hydrogens is 280 g/mol. The molecule has 0 spiro atoms. The van der Waals surface area contributed by atoms with E-state index in [9.17, 15) is 18.9 Å². The number of nitro groups is 1. The highest BCUT2D eigenvalue weighted by atomic mass is 19.1. The van der Waals surface area contributed by atoms with Gasteiger partial charge in [0.1, 0.15) is 11.5 Å². The summed E-state index contributed by atoms with van der Waals surface area (Å²) in [6.07, 6.45) is 0. The zero-order valence-corrected chi connectivity index (χ0v) is 10.9. The second kappa shape index (κ2) is 4.62. The molecular formula is C14H9F2N3O2. The number of para-hydroxylation sites is 2. The van der Waals surface area contributed by atoms with Crippen molar-refractivity contribution in [3.8, 4) is 5.69 Å². The van der Waals surface area contributed by atoms with Crippen molar-refractivity contribution >= 4 is 16.7 Å². The molecule has 0 amide bonds. The lowest BCUT2D eigenvalue weighted by molar-refractivity contribution is -0.385. The predicted molar refractivity (Wildman–Crippen MR) is 72.4 cm³/mol. The number of nitro benzene ring substituents is 1. The van der Waals surface area contributed by atoms with Crippen LogP contribution < -0.4 is 0 Å². The van der Waals surface area contributed by atoms with E-state index in [0.29, 0.717) is 29.0 Å². The summed E-state index contributed by atoms with van der Waals surface area (Å²) in [5.41, 5.74) is 0.122. The van der Waals surface area contributed by atoms with E-state index in [-0.39, 0.29) is 5.69 Å². The molecule has 0 aliphatic heterocycles. The Morgan fingerprint density at radius 2 is 1.81 bits per heavy atom. The summed E-state index contributed by atoms with van der Waals surface area (Å²) in [5.74, 6) is -1.62. The molecule has 0 radical (unpaired) electrons. The molecule has 106 valence electrons. The molecule has 7 heteroatoms. The number of rotatable bonds is 2. The molecule has 21 heavy (non-hydrogen) atoms. The third kappa shape index (κ3) is 2.03. The number of aromatic nitrogens is 2. The number of nitrogens with zero attached hydrogens (tertiary/aromatic N) is 3. The van der Waals surface area contributed by atoms with E-state index < -0.39 is 22.2 Å². The van der Waals surface area contributed by atoms with Crippen LogP contribution in [0.15, 0.2) is 36.4 Å². The number of hydrogen-bond acceptors (Lipinski definition) is 3. The monoisotopic (exact) mass is 289 g/mol. The minimum absolute atomic E-state index is 0.369. The van der Waals surface area contributed by atoms with E-state index in [0.717, 1.165) is 0 Å². The minimum atomic E-state index is -1.01. The molecule has 1 aromatic heterocycles. The highest BCUT2D eigenvalue weighted by Gasteiger charge is 2.21. The second-order valence-corrected chi connectivity index (χ2v) is 4.50. The Labute approximate surface area is 117 Å². The van der Waals surface area contributed by atoms with Crippen LogP contribution in [0.5, 0.6) is 0 Å². The molecule has 0 saturated carbocycles. The van der Waals surface area contributed by atoms with Gasteiger partial charge in [-0.15, -0.1) is 0 Å². The van der Waals surface area contributed by atoms with Crippen LogP contribution in [-0.2, 0) is 0 Å². The van der Waals surface area contributed by atoms with Gasteiger partial charge in [-0.25, -0.2) is 13.8 Å². The smallest absolute Gasteiger partial charge is 0.275 e. The standard InChI is InChI=1S/C14H9F2N3O2/c1-8-17-12-4-2-3-5-13(12)18(8)14-10(15)6-9(19(20)21)7-11(14)16/h2-7H,1H3. The normalized spacial score (nSPS) is 11.0. The lowest BCUT2D eigenvalue weighted by Crippen LogP contribution is -2.05. The average molecular weight is 289 g/mol. The van der Waals surface area contributed by atoms with Crippen molar-refractivity contribution < 1.29 is 13.7 Å². The lowest BCUT2D eigenvalue weighted by Gasteiger charge is -2.09. The molecule has 0 aliphatic carbocycles. The Bertz CT molecular complexity index is 851. The fourth-order valence-corrected chi connectivity index (χ4v) is 2.30. The van der Waals surface area contributed by atoms with E-state index in [2.05, 4.69) is 4.98 Å². The summed E-state index contributed by atoms with van der Waals surface area (Å²) in [5, 5.41) is 10.6. The van der Waals surface area contributed by atoms with Crippen molar-refractivity contribution in [2.75, 3.05) is 0 Å². The van der Waals surface area contributed by atoms with Gasteiger partial charge in [-0.1, -0.05) is 12.1 Å². The first kappa shape index (κ1) is 13.2. The van der Waals surface area contributed by atoms with Crippen molar-refractivity contribution in [2.24, 2.45) is 0 Å². The van der Waals surface area contributed by atoms with Crippen LogP contribution in [0.1, 0.15) is 5.82 Å². The largest absolute Gasteiger partial charge is 0.291 e. The first-order chi connectivity index (χ1) is 9.99. The number of fused-ring (bicyclic) bond motifs is 1. The third-order valence-electron chi connectivity index (χ3n) is 3.16. The van der Waals surface area contributed by atoms with E-state index in [1.807, 2.05) is 0 Å². The van der Waals surface area contributed by atoms with Crippen molar-refractivity contribution in [1.29, 1.82) is 0 Å². The molecule has 3 rings (SSSR count). The highest BCUT2D eigenvalue weighted by Crippen LogP contribution is 2.28. The third-order valence-corrected chi connectivity index (χ3v) is 3.16. The summed E-state index contributed by atoms with van der Waals surface area (Å²) in [6, 6.07) is 8.29. The second-order valence-electron chi connectivity index (χ2n) is 4.50. The van der Waals surface area contributed by atoms with Gasteiger partial charge in [-0.2, -0.15) is 0 Å². The van der Waals surface area contributed by atoms with Crippen molar-refractivity contribution in [1.82, 2.24) is 9.55 Å². The van der Waals surface area contributed by atoms with Crippen LogP contribution in [0, 0.1) is 28.7 Å². The summed E-state index contributed by atoms with van der Waals surface area (Å²) >= 11 is 0. The molecule has 0 saturated heterocycles. The van der Waals surface area contributed by atoms with Gasteiger partial charge in [0.25, 0.3) is 5.69 Å². The molecule has 0 N–H and O–H groups in total. The van der Waals surface area contributed by atoms with Gasteiger partial charge < -0.3 is 0 Å². The zero-order chi connectivity index (χ0) is 15.1. The van der Waals surface area contributed by atoms with Crippen LogP contribution >= 0.6 is 0 Å². The van der Waals surface area contributed by atoms with Crippen molar-refractivity contribution in [3.63, 3.8) is 0 Å². The Balaban J connectivity index is 2.33. The summed E-state index contributed by atoms with van der Waals surface area (Å²) in [7, 11) is 0. The lowest BCUT2D eigenvalue weighted by atomic mass is 10.2. The maximum Gasteiger partial charge on any atom is 0.275 e. The molecule has 0 atom stereocenters. The van der Waals surface area contributed by atoms with E-state index in [4.69, 9.17) is 0 Å². The van der Waals surface area contributed by atoms with Gasteiger partial charge in [-0.05, 0) is 19.1 Å². The molecule has 0 bridgehead atoms. The molecule has 0 unspecified atom stereocenters. The van der Waals surface area contributed by atoms with Crippen LogP contribution in [-0.4, -0.2) is 14.5 Å². The summed E-state index contributed by atoms with van der Waals surface area (Å²) < 4.78 is 29.6. The average Bonchev–Trinajstić information content (AvgIpc) is 2.74. The topological polar surface area (TPSA) is 61.0 Å². The van der Waals surface area contributed by atoms with E-state index in [1.165, 1.54) is 4.57 Å². The van der Waals surface area contributed by atoms with Gasteiger partial charge >= 0.3 is 0 Å². The van der Waals surface area contributed by atoms with Gasteiger partial charge in [0.2, 0.25) is 0 Å². The predicted octanol–water partition coefficient (Wildman–Crippen LogP) is 3.52. The highest BCUT2D eigenvalue weighted by molar-refractivity contribution is 5.78. The quantitative estimate of drug-likeness (QED) is 0.535. The summed E-state index contributed by atoms with van der Waals surface area (Å²) in [6.45, 7) is 1.61. The number of imidazole rings is 1. The van der Waals surface area contributed by atoms with Crippen LogP contribution in [0.3, 0.4) is 0 Å². The van der Waals surface area contributed by atoms with Crippen molar-refractivity contribution in [3.05, 3.63) is 64.0 Å². The molecule has 3 aromatic rings. The molecule has 0 aliphatic rings. The number of benzene rings is 2. The first-order valence-corrected chi connectivity index (χ1v) is 6.07. The fourth-order valence-electron chi connectivity index (χ4n) is 2.30. The summed E-state index contributed by atoms with van der Waals surface area (Å²) in [4.78, 5) is 14.0. The first-order valence-electron chi connectivity index (χ1n) is 6.07. The van der Waals surface area contributed by atoms with Gasteiger partial charge in [-0.3, -0.25) is 14.7 Å². The number of halogens is 2. The van der Waals surface area contributed by atoms with E-state index >= 15 is 0 Å². The Hall–Kier alpha value is -2.83. The number of aryl methyl sites for hydroxylation is 1. The minimum Gasteiger partial charge on any atom is -0.291 e. The van der Waals surface area contributed by atoms with Gasteiger partial charge in [0.05, 0.1) is 28.1 Å². The molecule has 0 fully saturated rings. The molecule has 5 nitrogen and oxygen atoms in total. The Morgan fingerprint density at radius 1 is 1.19 bits per heavy atom. The van der Waals surface area contributed by atoms with Crippen molar-refractivity contribution in [2.45, 2.75) is 6.92 Å². The van der Waals surface area contributed by atoms with Gasteiger partial charge in [0.15, 0.2) is 11.6 Å².